The van der Waals surface area contributed by atoms with E-state index in [0.29, 0.717) is 12.0 Å². The molecule has 0 saturated carbocycles. The first kappa shape index (κ1) is 12.4. The first-order valence-electron chi connectivity index (χ1n) is 6.64. The molecule has 2 rings (SSSR count). The van der Waals surface area contributed by atoms with Crippen molar-refractivity contribution in [1.29, 1.82) is 0 Å². The van der Waals surface area contributed by atoms with Gasteiger partial charge in [-0.25, -0.2) is 0 Å². The Morgan fingerprint density at radius 3 is 2.76 bits per heavy atom. The van der Waals surface area contributed by atoms with Crippen LogP contribution in [0, 0.1) is 6.92 Å². The minimum Gasteiger partial charge on any atom is -0.489 e. The molecule has 0 aliphatic carbocycles. The van der Waals surface area contributed by atoms with Gasteiger partial charge in [-0.3, -0.25) is 0 Å². The third-order valence-corrected chi connectivity index (χ3v) is 3.42. The molecule has 0 spiro atoms. The van der Waals surface area contributed by atoms with Gasteiger partial charge >= 0.3 is 0 Å². The summed E-state index contributed by atoms with van der Waals surface area (Å²) in [5.74, 6) is 1.60. The van der Waals surface area contributed by atoms with E-state index in [4.69, 9.17) is 4.74 Å². The first-order valence-corrected chi connectivity index (χ1v) is 6.64. The summed E-state index contributed by atoms with van der Waals surface area (Å²) >= 11 is 0. The van der Waals surface area contributed by atoms with E-state index < -0.39 is 0 Å². The number of hydrogen-bond donors (Lipinski definition) is 1. The standard InChI is InChI=1S/C15H23NO/c1-11(2)15-7-6-13(9-12(15)3)17-14-5-4-8-16-10-14/h6-7,9,11,14,16H,4-5,8,10H2,1-3H3. The number of rotatable bonds is 3. The van der Waals surface area contributed by atoms with Crippen LogP contribution in [0.25, 0.3) is 0 Å². The Kier molecular flexibility index (Phi) is 4.06. The zero-order chi connectivity index (χ0) is 12.3. The molecule has 0 aromatic heterocycles. The lowest BCUT2D eigenvalue weighted by molar-refractivity contribution is 0.167. The molecule has 1 atom stereocenters. The minimum atomic E-state index is 0.341. The molecule has 1 heterocycles. The Morgan fingerprint density at radius 2 is 2.18 bits per heavy atom. The van der Waals surface area contributed by atoms with Gasteiger partial charge in [0.25, 0.3) is 0 Å². The molecular formula is C15H23NO. The van der Waals surface area contributed by atoms with Crippen LogP contribution >= 0.6 is 0 Å². The summed E-state index contributed by atoms with van der Waals surface area (Å²) in [5, 5.41) is 3.37. The maximum absolute atomic E-state index is 6.01. The third kappa shape index (κ3) is 3.22. The van der Waals surface area contributed by atoms with E-state index in [1.165, 1.54) is 17.5 Å². The molecule has 1 aliphatic heterocycles. The second-order valence-electron chi connectivity index (χ2n) is 5.26. The molecule has 1 aromatic carbocycles. The molecule has 0 amide bonds. The van der Waals surface area contributed by atoms with Gasteiger partial charge in [0.15, 0.2) is 0 Å². The van der Waals surface area contributed by atoms with Gasteiger partial charge < -0.3 is 10.1 Å². The Bertz CT molecular complexity index is 367. The second-order valence-corrected chi connectivity index (χ2v) is 5.26. The van der Waals surface area contributed by atoms with Gasteiger partial charge in [-0.1, -0.05) is 19.9 Å². The van der Waals surface area contributed by atoms with Crippen LogP contribution in [0.1, 0.15) is 43.7 Å². The lowest BCUT2D eigenvalue weighted by Crippen LogP contribution is -2.37. The number of benzene rings is 1. The molecule has 0 bridgehead atoms. The number of hydrogen-bond acceptors (Lipinski definition) is 2. The molecule has 1 fully saturated rings. The predicted molar refractivity (Wildman–Crippen MR) is 71.8 cm³/mol. The van der Waals surface area contributed by atoms with Gasteiger partial charge in [0, 0.05) is 6.54 Å². The third-order valence-electron chi connectivity index (χ3n) is 3.42. The average Bonchev–Trinajstić information content (AvgIpc) is 2.30. The maximum atomic E-state index is 6.01. The second kappa shape index (κ2) is 5.54. The molecule has 1 saturated heterocycles. The Morgan fingerprint density at radius 1 is 1.35 bits per heavy atom. The minimum absolute atomic E-state index is 0.341. The maximum Gasteiger partial charge on any atom is 0.120 e. The van der Waals surface area contributed by atoms with E-state index >= 15 is 0 Å². The fraction of sp³-hybridized carbons (Fsp3) is 0.600. The molecule has 1 aliphatic rings. The van der Waals surface area contributed by atoms with Crippen LogP contribution < -0.4 is 10.1 Å². The highest BCUT2D eigenvalue weighted by Crippen LogP contribution is 2.24. The van der Waals surface area contributed by atoms with E-state index in [0.717, 1.165) is 25.3 Å². The smallest absolute Gasteiger partial charge is 0.120 e. The van der Waals surface area contributed by atoms with Crippen molar-refractivity contribution in [3.05, 3.63) is 29.3 Å². The van der Waals surface area contributed by atoms with Crippen molar-refractivity contribution < 1.29 is 4.74 Å². The van der Waals surface area contributed by atoms with E-state index in [-0.39, 0.29) is 0 Å². The molecule has 2 heteroatoms. The predicted octanol–water partition coefficient (Wildman–Crippen LogP) is 3.25. The van der Waals surface area contributed by atoms with Crippen LogP contribution in [0.15, 0.2) is 18.2 Å². The van der Waals surface area contributed by atoms with E-state index in [2.05, 4.69) is 44.3 Å². The summed E-state index contributed by atoms with van der Waals surface area (Å²) in [4.78, 5) is 0. The van der Waals surface area contributed by atoms with Gasteiger partial charge in [-0.2, -0.15) is 0 Å². The quantitative estimate of drug-likeness (QED) is 0.865. The molecule has 17 heavy (non-hydrogen) atoms. The van der Waals surface area contributed by atoms with Crippen molar-refractivity contribution in [3.8, 4) is 5.75 Å². The molecule has 94 valence electrons. The van der Waals surface area contributed by atoms with E-state index in [1.807, 2.05) is 0 Å². The van der Waals surface area contributed by atoms with Gasteiger partial charge in [0.1, 0.15) is 11.9 Å². The van der Waals surface area contributed by atoms with E-state index in [1.54, 1.807) is 0 Å². The number of nitrogens with one attached hydrogen (secondary N) is 1. The number of aryl methyl sites for hydroxylation is 1. The van der Waals surface area contributed by atoms with Gasteiger partial charge in [0.05, 0.1) is 0 Å². The van der Waals surface area contributed by atoms with Crippen LogP contribution in [-0.4, -0.2) is 19.2 Å². The Labute approximate surface area is 104 Å². The topological polar surface area (TPSA) is 21.3 Å². The highest BCUT2D eigenvalue weighted by atomic mass is 16.5. The highest BCUT2D eigenvalue weighted by Gasteiger charge is 2.14. The summed E-state index contributed by atoms with van der Waals surface area (Å²) in [6.45, 7) is 8.74. The largest absolute Gasteiger partial charge is 0.489 e. The summed E-state index contributed by atoms with van der Waals surface area (Å²) < 4.78 is 6.01. The van der Waals surface area contributed by atoms with Crippen molar-refractivity contribution in [2.24, 2.45) is 0 Å². The summed E-state index contributed by atoms with van der Waals surface area (Å²) in [5.41, 5.74) is 2.75. The fourth-order valence-electron chi connectivity index (χ4n) is 2.48. The van der Waals surface area contributed by atoms with Crippen LogP contribution in [-0.2, 0) is 0 Å². The zero-order valence-corrected chi connectivity index (χ0v) is 11.1. The zero-order valence-electron chi connectivity index (χ0n) is 11.1. The van der Waals surface area contributed by atoms with E-state index in [9.17, 15) is 0 Å². The molecule has 0 radical (unpaired) electrons. The normalized spacial score (nSPS) is 20.6. The monoisotopic (exact) mass is 233 g/mol. The molecular weight excluding hydrogens is 210 g/mol. The summed E-state index contributed by atoms with van der Waals surface area (Å²) in [7, 11) is 0. The van der Waals surface area contributed by atoms with Crippen molar-refractivity contribution in [2.75, 3.05) is 13.1 Å². The van der Waals surface area contributed by atoms with Gasteiger partial charge in [-0.05, 0) is 55.5 Å². The van der Waals surface area contributed by atoms with Crippen LogP contribution in [0.4, 0.5) is 0 Å². The van der Waals surface area contributed by atoms with Crippen LogP contribution in [0.3, 0.4) is 0 Å². The Balaban J connectivity index is 2.04. The molecule has 2 nitrogen and oxygen atoms in total. The van der Waals surface area contributed by atoms with Crippen molar-refractivity contribution in [2.45, 2.75) is 45.6 Å². The van der Waals surface area contributed by atoms with Crippen molar-refractivity contribution >= 4 is 0 Å². The number of ether oxygens (including phenoxy) is 1. The summed E-state index contributed by atoms with van der Waals surface area (Å²) in [6.07, 6.45) is 2.72. The van der Waals surface area contributed by atoms with Gasteiger partial charge in [0.2, 0.25) is 0 Å². The average molecular weight is 233 g/mol. The van der Waals surface area contributed by atoms with Gasteiger partial charge in [-0.15, -0.1) is 0 Å². The SMILES string of the molecule is Cc1cc(OC2CCCNC2)ccc1C(C)C. The lowest BCUT2D eigenvalue weighted by atomic mass is 9.98. The Hall–Kier alpha value is -1.02. The fourth-order valence-corrected chi connectivity index (χ4v) is 2.48. The molecule has 1 aromatic rings. The van der Waals surface area contributed by atoms with Crippen LogP contribution in [0.5, 0.6) is 5.75 Å². The van der Waals surface area contributed by atoms with Crippen LogP contribution in [0.2, 0.25) is 0 Å². The van der Waals surface area contributed by atoms with Crippen molar-refractivity contribution in [1.82, 2.24) is 5.32 Å². The highest BCUT2D eigenvalue weighted by molar-refractivity contribution is 5.36. The number of piperidine rings is 1. The first-order chi connectivity index (χ1) is 8.16. The lowest BCUT2D eigenvalue weighted by Gasteiger charge is -2.24. The summed E-state index contributed by atoms with van der Waals surface area (Å²) in [6, 6.07) is 6.48. The molecule has 1 unspecified atom stereocenters. The molecule has 1 N–H and O–H groups in total. The van der Waals surface area contributed by atoms with Crippen molar-refractivity contribution in [3.63, 3.8) is 0 Å².